The van der Waals surface area contributed by atoms with Gasteiger partial charge in [0.15, 0.2) is 0 Å². The molecule has 0 aliphatic heterocycles. The molecule has 0 radical (unpaired) electrons. The first-order valence-electron chi connectivity index (χ1n) is 6.93. The minimum atomic E-state index is -0.109. The van der Waals surface area contributed by atoms with E-state index in [0.717, 1.165) is 33.3 Å². The lowest BCUT2D eigenvalue weighted by molar-refractivity contribution is -0.111. The lowest BCUT2D eigenvalue weighted by atomic mass is 10.1. The molecule has 1 amide bonds. The van der Waals surface area contributed by atoms with Crippen LogP contribution in [0.4, 0.5) is 5.69 Å². The number of para-hydroxylation sites is 1. The van der Waals surface area contributed by atoms with Gasteiger partial charge in [0.1, 0.15) is 0 Å². The molecule has 0 spiro atoms. The molecule has 2 nitrogen and oxygen atoms in total. The Hall–Kier alpha value is -1.87. The Balaban J connectivity index is 2.10. The quantitative estimate of drug-likeness (QED) is 0.780. The van der Waals surface area contributed by atoms with Crippen LogP contribution >= 0.6 is 15.9 Å². The number of rotatable bonds is 4. The SMILES string of the molecule is CCc1cccc(C)c1NC(=O)/C=C/c1ccc(Br)cc1. The van der Waals surface area contributed by atoms with Gasteiger partial charge < -0.3 is 5.32 Å². The Morgan fingerprint density at radius 1 is 1.19 bits per heavy atom. The van der Waals surface area contributed by atoms with E-state index in [2.05, 4.69) is 28.2 Å². The molecule has 2 aromatic rings. The van der Waals surface area contributed by atoms with Crippen molar-refractivity contribution < 1.29 is 4.79 Å². The van der Waals surface area contributed by atoms with Crippen molar-refractivity contribution in [3.63, 3.8) is 0 Å². The topological polar surface area (TPSA) is 29.1 Å². The van der Waals surface area contributed by atoms with Crippen LogP contribution in [0.15, 0.2) is 53.0 Å². The summed E-state index contributed by atoms with van der Waals surface area (Å²) in [5.74, 6) is -0.109. The molecule has 0 aliphatic carbocycles. The van der Waals surface area contributed by atoms with Crippen molar-refractivity contribution in [3.8, 4) is 0 Å². The highest BCUT2D eigenvalue weighted by Gasteiger charge is 2.06. The van der Waals surface area contributed by atoms with E-state index in [9.17, 15) is 4.79 Å². The maximum atomic E-state index is 12.1. The van der Waals surface area contributed by atoms with E-state index in [1.54, 1.807) is 6.08 Å². The molecule has 0 saturated heterocycles. The molecular weight excluding hydrogens is 326 g/mol. The number of hydrogen-bond donors (Lipinski definition) is 1. The molecule has 1 N–H and O–H groups in total. The summed E-state index contributed by atoms with van der Waals surface area (Å²) in [6, 6.07) is 13.9. The molecule has 0 fully saturated rings. The van der Waals surface area contributed by atoms with E-state index >= 15 is 0 Å². The summed E-state index contributed by atoms with van der Waals surface area (Å²) in [5.41, 5.74) is 4.15. The molecule has 0 aromatic heterocycles. The number of carbonyl (C=O) groups is 1. The Labute approximate surface area is 134 Å². The second kappa shape index (κ2) is 7.23. The Morgan fingerprint density at radius 2 is 1.90 bits per heavy atom. The second-order valence-electron chi connectivity index (χ2n) is 4.84. The van der Waals surface area contributed by atoms with Crippen LogP contribution in [0.5, 0.6) is 0 Å². The molecule has 2 aromatic carbocycles. The molecular formula is C18H18BrNO. The predicted molar refractivity (Wildman–Crippen MR) is 92.4 cm³/mol. The van der Waals surface area contributed by atoms with Gasteiger partial charge >= 0.3 is 0 Å². The smallest absolute Gasteiger partial charge is 0.248 e. The molecule has 3 heteroatoms. The number of anilines is 1. The number of halogens is 1. The fourth-order valence-corrected chi connectivity index (χ4v) is 2.38. The summed E-state index contributed by atoms with van der Waals surface area (Å²) >= 11 is 3.39. The van der Waals surface area contributed by atoms with Crippen molar-refractivity contribution in [2.45, 2.75) is 20.3 Å². The minimum absolute atomic E-state index is 0.109. The lowest BCUT2D eigenvalue weighted by Crippen LogP contribution is -2.11. The molecule has 0 saturated carbocycles. The van der Waals surface area contributed by atoms with Gasteiger partial charge in [-0.2, -0.15) is 0 Å². The van der Waals surface area contributed by atoms with Crippen LogP contribution in [0.1, 0.15) is 23.6 Å². The lowest BCUT2D eigenvalue weighted by Gasteiger charge is -2.11. The summed E-state index contributed by atoms with van der Waals surface area (Å²) < 4.78 is 1.02. The number of hydrogen-bond acceptors (Lipinski definition) is 1. The number of benzene rings is 2. The van der Waals surface area contributed by atoms with Crippen molar-refractivity contribution in [3.05, 3.63) is 69.7 Å². The van der Waals surface area contributed by atoms with Gasteiger partial charge in [0.2, 0.25) is 5.91 Å². The number of nitrogens with one attached hydrogen (secondary N) is 1. The van der Waals surface area contributed by atoms with Crippen molar-refractivity contribution in [2.75, 3.05) is 5.32 Å². The van der Waals surface area contributed by atoms with Gasteiger partial charge in [-0.25, -0.2) is 0 Å². The van der Waals surface area contributed by atoms with Crippen LogP contribution in [-0.2, 0) is 11.2 Å². The molecule has 21 heavy (non-hydrogen) atoms. The molecule has 0 atom stereocenters. The summed E-state index contributed by atoms with van der Waals surface area (Å²) in [5, 5.41) is 2.98. The van der Waals surface area contributed by atoms with Crippen LogP contribution in [0.25, 0.3) is 6.08 Å². The van der Waals surface area contributed by atoms with E-state index in [1.807, 2.05) is 55.5 Å². The fourth-order valence-electron chi connectivity index (χ4n) is 2.11. The van der Waals surface area contributed by atoms with Gasteiger partial charge in [-0.3, -0.25) is 4.79 Å². The fraction of sp³-hybridized carbons (Fsp3) is 0.167. The van der Waals surface area contributed by atoms with Crippen LogP contribution in [-0.4, -0.2) is 5.91 Å². The van der Waals surface area contributed by atoms with Crippen molar-refractivity contribution in [2.24, 2.45) is 0 Å². The van der Waals surface area contributed by atoms with E-state index in [0.29, 0.717) is 0 Å². The van der Waals surface area contributed by atoms with E-state index in [-0.39, 0.29) is 5.91 Å². The third kappa shape index (κ3) is 4.30. The summed E-state index contributed by atoms with van der Waals surface area (Å²) in [7, 11) is 0. The second-order valence-corrected chi connectivity index (χ2v) is 5.75. The molecule has 0 aliphatic rings. The van der Waals surface area contributed by atoms with Gasteiger partial charge in [0.25, 0.3) is 0 Å². The standard InChI is InChI=1S/C18H18BrNO/c1-3-15-6-4-5-13(2)18(15)20-17(21)12-9-14-7-10-16(19)11-8-14/h4-12H,3H2,1-2H3,(H,20,21)/b12-9+. The zero-order valence-corrected chi connectivity index (χ0v) is 13.8. The third-order valence-corrected chi connectivity index (χ3v) is 3.81. The normalized spacial score (nSPS) is 10.8. The van der Waals surface area contributed by atoms with E-state index in [4.69, 9.17) is 0 Å². The predicted octanol–water partition coefficient (Wildman–Crippen LogP) is 4.97. The molecule has 108 valence electrons. The number of carbonyl (C=O) groups excluding carboxylic acids is 1. The zero-order chi connectivity index (χ0) is 15.2. The first-order chi connectivity index (χ1) is 10.1. The minimum Gasteiger partial charge on any atom is -0.322 e. The average Bonchev–Trinajstić information content (AvgIpc) is 2.49. The Bertz CT molecular complexity index is 659. The summed E-state index contributed by atoms with van der Waals surface area (Å²) in [4.78, 5) is 12.1. The molecule has 0 heterocycles. The van der Waals surface area contributed by atoms with E-state index < -0.39 is 0 Å². The maximum absolute atomic E-state index is 12.1. The van der Waals surface area contributed by atoms with Crippen molar-refractivity contribution >= 4 is 33.6 Å². The van der Waals surface area contributed by atoms with Crippen LogP contribution in [0.2, 0.25) is 0 Å². The van der Waals surface area contributed by atoms with Crippen LogP contribution in [0.3, 0.4) is 0 Å². The van der Waals surface area contributed by atoms with Gasteiger partial charge in [-0.15, -0.1) is 0 Å². The first-order valence-corrected chi connectivity index (χ1v) is 7.72. The summed E-state index contributed by atoms with van der Waals surface area (Å²) in [6.45, 7) is 4.09. The highest BCUT2D eigenvalue weighted by Crippen LogP contribution is 2.21. The summed E-state index contributed by atoms with van der Waals surface area (Å²) in [6.07, 6.45) is 4.27. The van der Waals surface area contributed by atoms with Crippen molar-refractivity contribution in [1.29, 1.82) is 0 Å². The van der Waals surface area contributed by atoms with Gasteiger partial charge in [-0.05, 0) is 48.2 Å². The highest BCUT2D eigenvalue weighted by molar-refractivity contribution is 9.10. The molecule has 0 unspecified atom stereocenters. The largest absolute Gasteiger partial charge is 0.322 e. The zero-order valence-electron chi connectivity index (χ0n) is 12.2. The van der Waals surface area contributed by atoms with Crippen molar-refractivity contribution in [1.82, 2.24) is 0 Å². The van der Waals surface area contributed by atoms with Crippen LogP contribution < -0.4 is 5.32 Å². The number of aryl methyl sites for hydroxylation is 2. The van der Waals surface area contributed by atoms with Gasteiger partial charge in [0.05, 0.1) is 0 Å². The van der Waals surface area contributed by atoms with Crippen LogP contribution in [0, 0.1) is 6.92 Å². The molecule has 0 bridgehead atoms. The average molecular weight is 344 g/mol. The Kier molecular flexibility index (Phi) is 5.34. The Morgan fingerprint density at radius 3 is 2.57 bits per heavy atom. The monoisotopic (exact) mass is 343 g/mol. The highest BCUT2D eigenvalue weighted by atomic mass is 79.9. The first kappa shape index (κ1) is 15.5. The molecule has 2 rings (SSSR count). The van der Waals surface area contributed by atoms with Gasteiger partial charge in [-0.1, -0.05) is 53.2 Å². The van der Waals surface area contributed by atoms with E-state index in [1.165, 1.54) is 0 Å². The van der Waals surface area contributed by atoms with Gasteiger partial charge in [0, 0.05) is 16.2 Å². The maximum Gasteiger partial charge on any atom is 0.248 e. The third-order valence-electron chi connectivity index (χ3n) is 3.29. The number of amides is 1.